The lowest BCUT2D eigenvalue weighted by atomic mass is 9.56. The molecule has 0 bridgehead atoms. The Morgan fingerprint density at radius 3 is 2.11 bits per heavy atom. The monoisotopic (exact) mass is 652 g/mol. The van der Waals surface area contributed by atoms with Crippen LogP contribution < -0.4 is 0 Å². The molecule has 1 unspecified atom stereocenters. The van der Waals surface area contributed by atoms with Gasteiger partial charge in [0.25, 0.3) is 0 Å². The van der Waals surface area contributed by atoms with E-state index in [1.165, 1.54) is 33.8 Å². The Kier molecular flexibility index (Phi) is 11.4. The van der Waals surface area contributed by atoms with E-state index in [0.29, 0.717) is 5.57 Å². The van der Waals surface area contributed by atoms with E-state index in [4.69, 9.17) is 28.4 Å². The summed E-state index contributed by atoms with van der Waals surface area (Å²) in [5.74, 6) is -6.80. The first-order valence-corrected chi connectivity index (χ1v) is 15.1. The van der Waals surface area contributed by atoms with Crippen LogP contribution in [0.4, 0.5) is 0 Å². The number of aliphatic hydroxyl groups excluding tert-OH is 1. The van der Waals surface area contributed by atoms with Gasteiger partial charge in [0.05, 0.1) is 24.4 Å². The average molecular weight is 653 g/mol. The number of rotatable bonds is 8. The van der Waals surface area contributed by atoms with Gasteiger partial charge >= 0.3 is 35.8 Å². The Morgan fingerprint density at radius 2 is 1.57 bits per heavy atom. The van der Waals surface area contributed by atoms with Gasteiger partial charge in [0.2, 0.25) is 0 Å². The SMILES string of the molecule is CC(=O)OC(C)CC(=O)O[C@@H]1C[C@H](OC(C)=O)[C@@]2(C)[C@@H](OC(C)=O)CC=C(C)[C@@H]2[C@@H](OC(C)=O)[C@@]2(O)[C@H](/C=C\1CO)OC(=O)[C@@H]2C. The average Bonchev–Trinajstić information content (AvgIpc) is 3.14. The van der Waals surface area contributed by atoms with E-state index in [-0.39, 0.29) is 24.8 Å². The highest BCUT2D eigenvalue weighted by Gasteiger charge is 2.67. The van der Waals surface area contributed by atoms with Gasteiger partial charge in [-0.15, -0.1) is 0 Å². The van der Waals surface area contributed by atoms with Gasteiger partial charge in [-0.05, 0) is 32.4 Å². The van der Waals surface area contributed by atoms with Crippen molar-refractivity contribution in [2.75, 3.05) is 6.61 Å². The minimum absolute atomic E-state index is 0.0216. The van der Waals surface area contributed by atoms with Crippen LogP contribution in [0.15, 0.2) is 23.3 Å². The molecule has 0 radical (unpaired) electrons. The Labute approximate surface area is 267 Å². The third-order valence-electron chi connectivity index (χ3n) is 9.10. The van der Waals surface area contributed by atoms with E-state index in [0.717, 1.165) is 13.8 Å². The van der Waals surface area contributed by atoms with Crippen molar-refractivity contribution in [2.24, 2.45) is 17.3 Å². The Morgan fingerprint density at radius 1 is 0.978 bits per heavy atom. The predicted octanol–water partition coefficient (Wildman–Crippen LogP) is 1.62. The molecular formula is C32H44O14. The van der Waals surface area contributed by atoms with E-state index >= 15 is 0 Å². The minimum Gasteiger partial charge on any atom is -0.462 e. The molecule has 2 aliphatic carbocycles. The summed E-state index contributed by atoms with van der Waals surface area (Å²) in [6.45, 7) is 10.2. The maximum Gasteiger partial charge on any atom is 0.312 e. The highest BCUT2D eigenvalue weighted by atomic mass is 16.6. The third-order valence-corrected chi connectivity index (χ3v) is 9.10. The summed E-state index contributed by atoms with van der Waals surface area (Å²) in [5.41, 5.74) is -3.20. The quantitative estimate of drug-likeness (QED) is 0.218. The number of hydrogen-bond acceptors (Lipinski definition) is 14. The number of esters is 6. The number of ether oxygens (including phenoxy) is 6. The fraction of sp³-hybridized carbons (Fsp3) is 0.688. The van der Waals surface area contributed by atoms with Gasteiger partial charge in [-0.25, -0.2) is 0 Å². The van der Waals surface area contributed by atoms with Crippen molar-refractivity contribution in [3.05, 3.63) is 23.3 Å². The Hall–Kier alpha value is -3.78. The van der Waals surface area contributed by atoms with E-state index < -0.39 is 102 Å². The van der Waals surface area contributed by atoms with Crippen LogP contribution in [-0.4, -0.2) is 94.9 Å². The molecule has 14 nitrogen and oxygen atoms in total. The first kappa shape index (κ1) is 36.7. The van der Waals surface area contributed by atoms with Crippen LogP contribution in [0, 0.1) is 17.3 Å². The molecule has 0 saturated carbocycles. The summed E-state index contributed by atoms with van der Waals surface area (Å²) >= 11 is 0. The largest absolute Gasteiger partial charge is 0.462 e. The van der Waals surface area contributed by atoms with Crippen molar-refractivity contribution in [1.82, 2.24) is 0 Å². The normalized spacial score (nSPS) is 35.8. The third kappa shape index (κ3) is 7.43. The first-order chi connectivity index (χ1) is 21.4. The van der Waals surface area contributed by atoms with Crippen molar-refractivity contribution in [3.63, 3.8) is 0 Å². The molecule has 0 spiro atoms. The molecule has 10 atom stereocenters. The van der Waals surface area contributed by atoms with Crippen LogP contribution in [0.1, 0.15) is 74.7 Å². The lowest BCUT2D eigenvalue weighted by molar-refractivity contribution is -0.218. The predicted molar refractivity (Wildman–Crippen MR) is 156 cm³/mol. The topological polar surface area (TPSA) is 198 Å². The zero-order valence-corrected chi connectivity index (χ0v) is 27.4. The molecule has 2 N–H and O–H groups in total. The molecule has 0 amide bonds. The van der Waals surface area contributed by atoms with Crippen LogP contribution in [0.3, 0.4) is 0 Å². The van der Waals surface area contributed by atoms with Crippen LogP contribution in [0.25, 0.3) is 0 Å². The minimum atomic E-state index is -2.27. The zero-order chi connectivity index (χ0) is 34.7. The summed E-state index contributed by atoms with van der Waals surface area (Å²) in [7, 11) is 0. The van der Waals surface area contributed by atoms with Crippen molar-refractivity contribution in [1.29, 1.82) is 0 Å². The fourth-order valence-electron chi connectivity index (χ4n) is 6.98. The van der Waals surface area contributed by atoms with Crippen molar-refractivity contribution >= 4 is 35.8 Å². The molecule has 14 heteroatoms. The highest BCUT2D eigenvalue weighted by molar-refractivity contribution is 5.78. The van der Waals surface area contributed by atoms with Gasteiger partial charge in [-0.2, -0.15) is 0 Å². The summed E-state index contributed by atoms with van der Waals surface area (Å²) < 4.78 is 34.0. The van der Waals surface area contributed by atoms with Gasteiger partial charge < -0.3 is 38.6 Å². The molecule has 46 heavy (non-hydrogen) atoms. The van der Waals surface area contributed by atoms with Crippen LogP contribution in [0.2, 0.25) is 0 Å². The molecule has 0 aromatic rings. The Balaban J connectivity index is 2.36. The fourth-order valence-corrected chi connectivity index (χ4v) is 6.98. The second kappa shape index (κ2) is 14.3. The van der Waals surface area contributed by atoms with Crippen molar-refractivity contribution in [3.8, 4) is 0 Å². The summed E-state index contributed by atoms with van der Waals surface area (Å²) in [6.07, 6.45) is -5.03. The molecule has 1 heterocycles. The highest BCUT2D eigenvalue weighted by Crippen LogP contribution is 2.55. The van der Waals surface area contributed by atoms with Crippen LogP contribution >= 0.6 is 0 Å². The molecule has 1 aliphatic heterocycles. The first-order valence-electron chi connectivity index (χ1n) is 15.1. The lowest BCUT2D eigenvalue weighted by Gasteiger charge is -2.55. The zero-order valence-electron chi connectivity index (χ0n) is 27.4. The standard InChI is InChI=1S/C32H44O14/c1-15-9-10-24(42-19(5)35)31(8)25(43-20(6)36)13-23(45-27(38)11-16(2)41-18(4)34)22(14-33)12-26-32(40,17(3)30(39)46-26)29(28(15)31)44-21(7)37/h9,12,16-17,23-26,28-29,33,40H,10-11,13-14H2,1-8H3/b22-12-/t16?,17-,23+,24-,25-,26-,28+,29+,31+,32-/m0/s1. The number of aliphatic hydroxyl groups is 2. The summed E-state index contributed by atoms with van der Waals surface area (Å²) in [5, 5.41) is 23.1. The van der Waals surface area contributed by atoms with Crippen molar-refractivity contribution in [2.45, 2.75) is 117 Å². The number of carbonyl (C=O) groups is 6. The maximum absolute atomic E-state index is 13.1. The molecule has 3 rings (SSSR count). The van der Waals surface area contributed by atoms with E-state index in [9.17, 15) is 39.0 Å². The van der Waals surface area contributed by atoms with Gasteiger partial charge in [0, 0.05) is 46.5 Å². The number of carbonyl (C=O) groups excluding carboxylic acids is 6. The molecule has 3 aliphatic rings. The van der Waals surface area contributed by atoms with E-state index in [2.05, 4.69) is 0 Å². The number of hydrogen-bond donors (Lipinski definition) is 2. The van der Waals surface area contributed by atoms with Crippen molar-refractivity contribution < 1.29 is 67.4 Å². The molecule has 0 aromatic heterocycles. The van der Waals surface area contributed by atoms with Gasteiger partial charge in [-0.1, -0.05) is 18.6 Å². The maximum atomic E-state index is 13.1. The Bertz CT molecular complexity index is 1300. The van der Waals surface area contributed by atoms with Gasteiger partial charge in [0.1, 0.15) is 30.5 Å². The van der Waals surface area contributed by atoms with Gasteiger partial charge in [0.15, 0.2) is 11.7 Å². The van der Waals surface area contributed by atoms with E-state index in [1.807, 2.05) is 0 Å². The summed E-state index contributed by atoms with van der Waals surface area (Å²) in [6, 6.07) is 0. The molecule has 1 fully saturated rings. The van der Waals surface area contributed by atoms with E-state index in [1.54, 1.807) is 19.9 Å². The lowest BCUT2D eigenvalue weighted by Crippen LogP contribution is -2.65. The molecule has 0 aromatic carbocycles. The molecule has 256 valence electrons. The second-order valence-corrected chi connectivity index (χ2v) is 12.5. The number of fused-ring (bicyclic) bond motifs is 2. The van der Waals surface area contributed by atoms with Crippen LogP contribution in [-0.2, 0) is 57.2 Å². The van der Waals surface area contributed by atoms with Gasteiger partial charge in [-0.3, -0.25) is 28.8 Å². The molecule has 1 saturated heterocycles. The molecular weight excluding hydrogens is 608 g/mol. The summed E-state index contributed by atoms with van der Waals surface area (Å²) in [4.78, 5) is 75.3. The van der Waals surface area contributed by atoms with Crippen LogP contribution in [0.5, 0.6) is 0 Å². The smallest absolute Gasteiger partial charge is 0.312 e. The second-order valence-electron chi connectivity index (χ2n) is 12.5.